The van der Waals surface area contributed by atoms with E-state index in [-0.39, 0.29) is 0 Å². The van der Waals surface area contributed by atoms with Crippen molar-refractivity contribution in [1.29, 1.82) is 0 Å². The van der Waals surface area contributed by atoms with Crippen molar-refractivity contribution in [2.75, 3.05) is 6.54 Å². The standard InChI is InChI=1S/C14H23BrN2/c1-4-8-16-13(10-11(3)5-2)14-12(15)7-6-9-17-14/h6-7,9,11,13,16H,4-5,8,10H2,1-3H3. The van der Waals surface area contributed by atoms with E-state index in [4.69, 9.17) is 0 Å². The Morgan fingerprint density at radius 2 is 2.18 bits per heavy atom. The largest absolute Gasteiger partial charge is 0.309 e. The molecule has 1 aromatic rings. The molecule has 1 rings (SSSR count). The van der Waals surface area contributed by atoms with Crippen molar-refractivity contribution < 1.29 is 0 Å². The lowest BCUT2D eigenvalue weighted by atomic mass is 9.97. The maximum absolute atomic E-state index is 4.51. The minimum absolute atomic E-state index is 0.362. The molecule has 0 aliphatic carbocycles. The van der Waals surface area contributed by atoms with Gasteiger partial charge in [0.15, 0.2) is 0 Å². The molecule has 17 heavy (non-hydrogen) atoms. The topological polar surface area (TPSA) is 24.9 Å². The van der Waals surface area contributed by atoms with Gasteiger partial charge in [0.2, 0.25) is 0 Å². The van der Waals surface area contributed by atoms with Crippen LogP contribution in [0, 0.1) is 5.92 Å². The van der Waals surface area contributed by atoms with Crippen LogP contribution in [-0.2, 0) is 0 Å². The summed E-state index contributed by atoms with van der Waals surface area (Å²) in [6.45, 7) is 7.79. The van der Waals surface area contributed by atoms with Crippen LogP contribution in [0.3, 0.4) is 0 Å². The monoisotopic (exact) mass is 298 g/mol. The van der Waals surface area contributed by atoms with E-state index in [1.165, 1.54) is 6.42 Å². The molecule has 0 bridgehead atoms. The van der Waals surface area contributed by atoms with Gasteiger partial charge in [0, 0.05) is 10.7 Å². The lowest BCUT2D eigenvalue weighted by molar-refractivity contribution is 0.395. The first-order valence-electron chi connectivity index (χ1n) is 6.52. The summed E-state index contributed by atoms with van der Waals surface area (Å²) < 4.78 is 1.11. The Hall–Kier alpha value is -0.410. The summed E-state index contributed by atoms with van der Waals surface area (Å²) in [5.41, 5.74) is 1.14. The number of nitrogens with zero attached hydrogens (tertiary/aromatic N) is 1. The summed E-state index contributed by atoms with van der Waals surface area (Å²) in [6.07, 6.45) is 5.39. The first-order valence-corrected chi connectivity index (χ1v) is 7.32. The van der Waals surface area contributed by atoms with Crippen molar-refractivity contribution in [3.63, 3.8) is 0 Å². The first kappa shape index (κ1) is 14.7. The molecule has 1 N–H and O–H groups in total. The number of pyridine rings is 1. The van der Waals surface area contributed by atoms with Crippen LogP contribution >= 0.6 is 15.9 Å². The molecule has 96 valence electrons. The van der Waals surface area contributed by atoms with E-state index in [0.29, 0.717) is 6.04 Å². The second-order valence-electron chi connectivity index (χ2n) is 4.63. The molecule has 0 fully saturated rings. The molecule has 0 spiro atoms. The van der Waals surface area contributed by atoms with Crippen LogP contribution < -0.4 is 5.32 Å². The highest BCUT2D eigenvalue weighted by Gasteiger charge is 2.17. The molecule has 0 saturated heterocycles. The van der Waals surface area contributed by atoms with E-state index in [1.807, 2.05) is 12.3 Å². The Morgan fingerprint density at radius 1 is 1.41 bits per heavy atom. The fraction of sp³-hybridized carbons (Fsp3) is 0.643. The quantitative estimate of drug-likeness (QED) is 0.811. The maximum Gasteiger partial charge on any atom is 0.0714 e. The second-order valence-corrected chi connectivity index (χ2v) is 5.48. The average Bonchev–Trinajstić information content (AvgIpc) is 2.35. The summed E-state index contributed by atoms with van der Waals surface area (Å²) in [7, 11) is 0. The van der Waals surface area contributed by atoms with Crippen LogP contribution in [0.5, 0.6) is 0 Å². The number of nitrogens with one attached hydrogen (secondary N) is 1. The van der Waals surface area contributed by atoms with Crippen LogP contribution in [0.4, 0.5) is 0 Å². The molecular weight excluding hydrogens is 276 g/mol. The van der Waals surface area contributed by atoms with Gasteiger partial charge < -0.3 is 5.32 Å². The predicted molar refractivity (Wildman–Crippen MR) is 77.0 cm³/mol. The molecule has 1 heterocycles. The highest BCUT2D eigenvalue weighted by atomic mass is 79.9. The van der Waals surface area contributed by atoms with Crippen molar-refractivity contribution in [3.8, 4) is 0 Å². The second kappa shape index (κ2) is 7.83. The minimum Gasteiger partial charge on any atom is -0.309 e. The Kier molecular flexibility index (Phi) is 6.75. The van der Waals surface area contributed by atoms with E-state index in [2.05, 4.69) is 53.1 Å². The summed E-state index contributed by atoms with van der Waals surface area (Å²) in [6, 6.07) is 4.40. The Labute approximate surface area is 113 Å². The van der Waals surface area contributed by atoms with Crippen LogP contribution in [0.1, 0.15) is 51.8 Å². The Morgan fingerprint density at radius 3 is 2.76 bits per heavy atom. The third kappa shape index (κ3) is 4.76. The lowest BCUT2D eigenvalue weighted by Crippen LogP contribution is -2.25. The van der Waals surface area contributed by atoms with Gasteiger partial charge in [0.25, 0.3) is 0 Å². The summed E-state index contributed by atoms with van der Waals surface area (Å²) in [5.74, 6) is 0.721. The molecule has 2 nitrogen and oxygen atoms in total. The van der Waals surface area contributed by atoms with Gasteiger partial charge in [0.1, 0.15) is 0 Å². The van der Waals surface area contributed by atoms with Gasteiger partial charge in [-0.3, -0.25) is 4.98 Å². The molecule has 0 saturated carbocycles. The Balaban J connectivity index is 2.78. The van der Waals surface area contributed by atoms with Crippen LogP contribution in [0.25, 0.3) is 0 Å². The van der Waals surface area contributed by atoms with Crippen LogP contribution in [-0.4, -0.2) is 11.5 Å². The van der Waals surface area contributed by atoms with E-state index in [0.717, 1.165) is 35.5 Å². The zero-order chi connectivity index (χ0) is 12.7. The predicted octanol–water partition coefficient (Wildman–Crippen LogP) is 4.32. The molecule has 0 aliphatic heterocycles. The maximum atomic E-state index is 4.51. The Bertz CT molecular complexity index is 328. The highest BCUT2D eigenvalue weighted by molar-refractivity contribution is 9.10. The number of aromatic nitrogens is 1. The molecular formula is C14H23BrN2. The summed E-state index contributed by atoms with van der Waals surface area (Å²) in [4.78, 5) is 4.51. The summed E-state index contributed by atoms with van der Waals surface area (Å²) >= 11 is 3.60. The van der Waals surface area contributed by atoms with Crippen LogP contribution in [0.2, 0.25) is 0 Å². The highest BCUT2D eigenvalue weighted by Crippen LogP contribution is 2.26. The number of hydrogen-bond acceptors (Lipinski definition) is 2. The zero-order valence-electron chi connectivity index (χ0n) is 11.0. The fourth-order valence-corrected chi connectivity index (χ4v) is 2.36. The third-order valence-electron chi connectivity index (χ3n) is 3.09. The molecule has 0 radical (unpaired) electrons. The van der Waals surface area contributed by atoms with Crippen molar-refractivity contribution >= 4 is 15.9 Å². The summed E-state index contributed by atoms with van der Waals surface area (Å²) in [5, 5.41) is 3.60. The van der Waals surface area contributed by atoms with Crippen molar-refractivity contribution in [2.24, 2.45) is 5.92 Å². The molecule has 1 aromatic heterocycles. The smallest absolute Gasteiger partial charge is 0.0714 e. The van der Waals surface area contributed by atoms with Crippen molar-refractivity contribution in [3.05, 3.63) is 28.5 Å². The average molecular weight is 299 g/mol. The molecule has 0 aromatic carbocycles. The van der Waals surface area contributed by atoms with E-state index in [1.54, 1.807) is 0 Å². The fourth-order valence-electron chi connectivity index (χ4n) is 1.83. The lowest BCUT2D eigenvalue weighted by Gasteiger charge is -2.22. The number of hydrogen-bond donors (Lipinski definition) is 1. The van der Waals surface area contributed by atoms with Crippen LogP contribution in [0.15, 0.2) is 22.8 Å². The zero-order valence-corrected chi connectivity index (χ0v) is 12.6. The van der Waals surface area contributed by atoms with Gasteiger partial charge in [-0.05, 0) is 53.4 Å². The molecule has 3 heteroatoms. The van der Waals surface area contributed by atoms with E-state index in [9.17, 15) is 0 Å². The van der Waals surface area contributed by atoms with Gasteiger partial charge in [-0.25, -0.2) is 0 Å². The van der Waals surface area contributed by atoms with Crippen molar-refractivity contribution in [1.82, 2.24) is 10.3 Å². The van der Waals surface area contributed by atoms with Gasteiger partial charge >= 0.3 is 0 Å². The van der Waals surface area contributed by atoms with Gasteiger partial charge in [-0.15, -0.1) is 0 Å². The molecule has 2 unspecified atom stereocenters. The minimum atomic E-state index is 0.362. The van der Waals surface area contributed by atoms with E-state index >= 15 is 0 Å². The number of halogens is 1. The molecule has 2 atom stereocenters. The molecule has 0 amide bonds. The molecule has 0 aliphatic rings. The van der Waals surface area contributed by atoms with Gasteiger partial charge in [-0.1, -0.05) is 27.2 Å². The van der Waals surface area contributed by atoms with E-state index < -0.39 is 0 Å². The van der Waals surface area contributed by atoms with Gasteiger partial charge in [-0.2, -0.15) is 0 Å². The number of rotatable bonds is 7. The van der Waals surface area contributed by atoms with Gasteiger partial charge in [0.05, 0.1) is 11.7 Å². The SMILES string of the molecule is CCCNC(CC(C)CC)c1ncccc1Br. The normalized spacial score (nSPS) is 14.6. The first-order chi connectivity index (χ1) is 8.19. The van der Waals surface area contributed by atoms with Crippen molar-refractivity contribution in [2.45, 2.75) is 46.1 Å². The third-order valence-corrected chi connectivity index (χ3v) is 3.76.